The van der Waals surface area contributed by atoms with Gasteiger partial charge in [0, 0.05) is 37.0 Å². The molecule has 1 saturated heterocycles. The molecule has 1 amide bonds. The second-order valence-electron chi connectivity index (χ2n) is 5.73. The Morgan fingerprint density at radius 3 is 2.67 bits per heavy atom. The molecule has 1 heterocycles. The fraction of sp³-hybridized carbons (Fsp3) is 0.500. The van der Waals surface area contributed by atoms with Crippen LogP contribution in [0.3, 0.4) is 0 Å². The van der Waals surface area contributed by atoms with Crippen LogP contribution in [0.25, 0.3) is 0 Å². The highest BCUT2D eigenvalue weighted by Gasteiger charge is 2.29. The molecule has 1 aliphatic rings. The van der Waals surface area contributed by atoms with Gasteiger partial charge in [-0.25, -0.2) is 4.39 Å². The zero-order chi connectivity index (χ0) is 15.4. The number of amides is 1. The van der Waals surface area contributed by atoms with E-state index < -0.39 is 0 Å². The van der Waals surface area contributed by atoms with Crippen LogP contribution in [-0.4, -0.2) is 35.7 Å². The van der Waals surface area contributed by atoms with E-state index in [1.807, 2.05) is 0 Å². The van der Waals surface area contributed by atoms with Crippen molar-refractivity contribution in [2.45, 2.75) is 32.2 Å². The predicted molar refractivity (Wildman–Crippen MR) is 78.3 cm³/mol. The quantitative estimate of drug-likeness (QED) is 0.863. The third kappa shape index (κ3) is 4.11. The molecule has 1 aromatic carbocycles. The molecule has 0 aliphatic carbocycles. The van der Waals surface area contributed by atoms with Crippen molar-refractivity contribution in [3.63, 3.8) is 0 Å². The predicted octanol–water partition coefficient (Wildman–Crippen LogP) is 1.98. The molecule has 2 unspecified atom stereocenters. The number of halogens is 1. The number of hydrogen-bond donors (Lipinski definition) is 1. The van der Waals surface area contributed by atoms with Crippen LogP contribution in [0.15, 0.2) is 24.3 Å². The Morgan fingerprint density at radius 2 is 2.05 bits per heavy atom. The zero-order valence-corrected chi connectivity index (χ0v) is 12.2. The van der Waals surface area contributed by atoms with Gasteiger partial charge in [-0.2, -0.15) is 0 Å². The summed E-state index contributed by atoms with van der Waals surface area (Å²) in [6.07, 6.45) is 1.87. The van der Waals surface area contributed by atoms with Crippen molar-refractivity contribution < 1.29 is 14.0 Å². The normalized spacial score (nSPS) is 20.1. The number of piperidine rings is 1. The molecule has 4 nitrogen and oxygen atoms in total. The maximum atomic E-state index is 12.9. The second-order valence-corrected chi connectivity index (χ2v) is 5.73. The van der Waals surface area contributed by atoms with Crippen LogP contribution in [-0.2, 0) is 4.79 Å². The summed E-state index contributed by atoms with van der Waals surface area (Å²) in [5.74, 6) is -0.583. The van der Waals surface area contributed by atoms with Gasteiger partial charge in [0.1, 0.15) is 5.82 Å². The monoisotopic (exact) mass is 292 g/mol. The Balaban J connectivity index is 2.01. The number of nitrogens with zero attached hydrogens (tertiary/aromatic N) is 1. The first kappa shape index (κ1) is 15.6. The van der Waals surface area contributed by atoms with E-state index in [-0.39, 0.29) is 29.5 Å². The Bertz CT molecular complexity index is 514. The third-order valence-corrected chi connectivity index (χ3v) is 3.77. The van der Waals surface area contributed by atoms with Gasteiger partial charge >= 0.3 is 0 Å². The average Bonchev–Trinajstić information content (AvgIpc) is 2.47. The summed E-state index contributed by atoms with van der Waals surface area (Å²) in [6, 6.07) is 5.40. The fourth-order valence-electron chi connectivity index (χ4n) is 2.67. The minimum atomic E-state index is -0.357. The molecule has 0 spiro atoms. The molecule has 0 radical (unpaired) electrons. The average molecular weight is 292 g/mol. The van der Waals surface area contributed by atoms with Crippen molar-refractivity contribution in [3.8, 4) is 0 Å². The number of carbonyl (C=O) groups is 2. The number of rotatable bonds is 4. The number of hydrogen-bond acceptors (Lipinski definition) is 3. The number of Topliss-reactive ketones (excluding diaryl/α,β-unsaturated/α-hetero) is 1. The van der Waals surface area contributed by atoms with Crippen molar-refractivity contribution >= 4 is 11.7 Å². The van der Waals surface area contributed by atoms with Gasteiger partial charge < -0.3 is 10.6 Å². The number of nitrogens with two attached hydrogens (primary N) is 1. The van der Waals surface area contributed by atoms with Gasteiger partial charge in [0.25, 0.3) is 0 Å². The Kier molecular flexibility index (Phi) is 5.07. The van der Waals surface area contributed by atoms with E-state index in [4.69, 9.17) is 5.73 Å². The molecule has 21 heavy (non-hydrogen) atoms. The van der Waals surface area contributed by atoms with Crippen molar-refractivity contribution in [2.24, 2.45) is 11.7 Å². The van der Waals surface area contributed by atoms with Crippen LogP contribution in [0.4, 0.5) is 4.39 Å². The fourth-order valence-corrected chi connectivity index (χ4v) is 2.67. The molecule has 5 heteroatoms. The standard InChI is InChI=1S/C16H21FN2O2/c1-11(18)9-15(20)19-8-2-3-13(10-19)16(21)12-4-6-14(17)7-5-12/h4-7,11,13H,2-3,8-10,18H2,1H3. The van der Waals surface area contributed by atoms with Gasteiger partial charge in [-0.3, -0.25) is 9.59 Å². The molecule has 0 aromatic heterocycles. The van der Waals surface area contributed by atoms with Crippen LogP contribution >= 0.6 is 0 Å². The first-order valence-electron chi connectivity index (χ1n) is 7.30. The molecular weight excluding hydrogens is 271 g/mol. The Hall–Kier alpha value is -1.75. The van der Waals surface area contributed by atoms with Gasteiger partial charge in [0.2, 0.25) is 5.91 Å². The van der Waals surface area contributed by atoms with Crippen molar-refractivity contribution in [2.75, 3.05) is 13.1 Å². The van der Waals surface area contributed by atoms with Crippen LogP contribution in [0, 0.1) is 11.7 Å². The van der Waals surface area contributed by atoms with Crippen molar-refractivity contribution in [3.05, 3.63) is 35.6 Å². The van der Waals surface area contributed by atoms with Gasteiger partial charge in [0.05, 0.1) is 0 Å². The molecule has 2 N–H and O–H groups in total. The summed E-state index contributed by atoms with van der Waals surface area (Å²) >= 11 is 0. The molecular formula is C16H21FN2O2. The van der Waals surface area contributed by atoms with Gasteiger partial charge in [-0.05, 0) is 44.0 Å². The summed E-state index contributed by atoms with van der Waals surface area (Å²) in [5, 5.41) is 0. The summed E-state index contributed by atoms with van der Waals surface area (Å²) in [6.45, 7) is 2.91. The van der Waals surface area contributed by atoms with E-state index in [1.54, 1.807) is 11.8 Å². The third-order valence-electron chi connectivity index (χ3n) is 3.77. The minimum absolute atomic E-state index is 0.00149. The Morgan fingerprint density at radius 1 is 1.38 bits per heavy atom. The molecule has 1 aliphatic heterocycles. The summed E-state index contributed by atoms with van der Waals surface area (Å²) in [7, 11) is 0. The topological polar surface area (TPSA) is 63.4 Å². The zero-order valence-electron chi connectivity index (χ0n) is 12.2. The van der Waals surface area contributed by atoms with Gasteiger partial charge in [-0.1, -0.05) is 0 Å². The Labute approximate surface area is 124 Å². The molecule has 2 atom stereocenters. The first-order chi connectivity index (χ1) is 9.97. The molecule has 0 saturated carbocycles. The molecule has 0 bridgehead atoms. The van der Waals surface area contributed by atoms with E-state index in [2.05, 4.69) is 0 Å². The van der Waals surface area contributed by atoms with Crippen molar-refractivity contribution in [1.82, 2.24) is 4.90 Å². The minimum Gasteiger partial charge on any atom is -0.342 e. The van der Waals surface area contributed by atoms with Crippen LogP contribution in [0.5, 0.6) is 0 Å². The number of ketones is 1. The maximum absolute atomic E-state index is 12.9. The number of benzene rings is 1. The van der Waals surface area contributed by atoms with Crippen LogP contribution in [0.2, 0.25) is 0 Å². The number of likely N-dealkylation sites (tertiary alicyclic amines) is 1. The van der Waals surface area contributed by atoms with Crippen LogP contribution in [0.1, 0.15) is 36.5 Å². The second kappa shape index (κ2) is 6.80. The van der Waals surface area contributed by atoms with Gasteiger partial charge in [-0.15, -0.1) is 0 Å². The SMILES string of the molecule is CC(N)CC(=O)N1CCCC(C(=O)c2ccc(F)cc2)C1. The van der Waals surface area contributed by atoms with E-state index in [9.17, 15) is 14.0 Å². The molecule has 1 fully saturated rings. The van der Waals surface area contributed by atoms with E-state index in [0.29, 0.717) is 25.1 Å². The van der Waals surface area contributed by atoms with E-state index in [0.717, 1.165) is 12.8 Å². The number of carbonyl (C=O) groups excluding carboxylic acids is 2. The van der Waals surface area contributed by atoms with Gasteiger partial charge in [0.15, 0.2) is 5.78 Å². The lowest BCUT2D eigenvalue weighted by molar-refractivity contribution is -0.132. The van der Waals surface area contributed by atoms with Crippen LogP contribution < -0.4 is 5.73 Å². The summed E-state index contributed by atoms with van der Waals surface area (Å²) < 4.78 is 12.9. The highest BCUT2D eigenvalue weighted by Crippen LogP contribution is 2.22. The lowest BCUT2D eigenvalue weighted by atomic mass is 9.90. The molecule has 114 valence electrons. The largest absolute Gasteiger partial charge is 0.342 e. The van der Waals surface area contributed by atoms with E-state index >= 15 is 0 Å². The maximum Gasteiger partial charge on any atom is 0.224 e. The highest BCUT2D eigenvalue weighted by atomic mass is 19.1. The lowest BCUT2D eigenvalue weighted by Gasteiger charge is -2.32. The highest BCUT2D eigenvalue weighted by molar-refractivity contribution is 5.98. The summed E-state index contributed by atoms with van der Waals surface area (Å²) in [5.41, 5.74) is 6.15. The smallest absolute Gasteiger partial charge is 0.224 e. The lowest BCUT2D eigenvalue weighted by Crippen LogP contribution is -2.43. The molecule has 1 aromatic rings. The molecule has 2 rings (SSSR count). The van der Waals surface area contributed by atoms with E-state index in [1.165, 1.54) is 24.3 Å². The first-order valence-corrected chi connectivity index (χ1v) is 7.30. The van der Waals surface area contributed by atoms with Crippen molar-refractivity contribution in [1.29, 1.82) is 0 Å². The summed E-state index contributed by atoms with van der Waals surface area (Å²) in [4.78, 5) is 26.2.